The monoisotopic (exact) mass is 114 g/mol. The molecule has 0 aliphatic heterocycles. The van der Waals surface area contributed by atoms with Crippen molar-refractivity contribution in [3.63, 3.8) is 0 Å². The van der Waals surface area contributed by atoms with Gasteiger partial charge in [-0.2, -0.15) is 0 Å². The Morgan fingerprint density at radius 2 is 2.50 bits per heavy atom. The summed E-state index contributed by atoms with van der Waals surface area (Å²) in [6.45, 7) is -0.253. The van der Waals surface area contributed by atoms with Gasteiger partial charge in [-0.3, -0.25) is 0 Å². The SMILES string of the molecule is C#CCOCC(=O)O. The van der Waals surface area contributed by atoms with Crippen LogP contribution >= 0.6 is 0 Å². The molecule has 0 bridgehead atoms. The van der Waals surface area contributed by atoms with Gasteiger partial charge in [0, 0.05) is 0 Å². The van der Waals surface area contributed by atoms with E-state index in [-0.39, 0.29) is 13.2 Å². The second-order valence-corrected chi connectivity index (χ2v) is 1.09. The standard InChI is InChI=1S/C5H6O3/c1-2-3-8-4-5(6)7/h1H,3-4H2,(H,6,7). The van der Waals surface area contributed by atoms with Crippen molar-refractivity contribution in [2.24, 2.45) is 0 Å². The maximum atomic E-state index is 9.68. The van der Waals surface area contributed by atoms with Gasteiger partial charge < -0.3 is 9.84 Å². The van der Waals surface area contributed by atoms with E-state index in [0.29, 0.717) is 0 Å². The van der Waals surface area contributed by atoms with Gasteiger partial charge in [0.05, 0.1) is 0 Å². The minimum Gasteiger partial charge on any atom is -0.480 e. The van der Waals surface area contributed by atoms with Crippen LogP contribution in [-0.4, -0.2) is 24.3 Å². The van der Waals surface area contributed by atoms with Crippen LogP contribution in [-0.2, 0) is 9.53 Å². The number of terminal acetylenes is 1. The molecule has 3 heteroatoms. The van der Waals surface area contributed by atoms with Gasteiger partial charge in [0.1, 0.15) is 13.2 Å². The van der Waals surface area contributed by atoms with Crippen molar-refractivity contribution in [2.75, 3.05) is 13.2 Å². The molecular weight excluding hydrogens is 108 g/mol. The van der Waals surface area contributed by atoms with Gasteiger partial charge in [0.15, 0.2) is 0 Å². The highest BCUT2D eigenvalue weighted by atomic mass is 16.5. The van der Waals surface area contributed by atoms with Crippen LogP contribution in [0.3, 0.4) is 0 Å². The molecule has 0 unspecified atom stereocenters. The van der Waals surface area contributed by atoms with Crippen LogP contribution in [0.25, 0.3) is 0 Å². The van der Waals surface area contributed by atoms with E-state index in [9.17, 15) is 4.79 Å². The molecule has 0 spiro atoms. The summed E-state index contributed by atoms with van der Waals surface area (Å²) in [7, 11) is 0. The Hall–Kier alpha value is -1.01. The maximum absolute atomic E-state index is 9.68. The van der Waals surface area contributed by atoms with Crippen molar-refractivity contribution in [3.8, 4) is 12.3 Å². The van der Waals surface area contributed by atoms with Crippen molar-refractivity contribution >= 4 is 5.97 Å². The lowest BCUT2D eigenvalue weighted by molar-refractivity contribution is -0.141. The lowest BCUT2D eigenvalue weighted by atomic mass is 10.7. The topological polar surface area (TPSA) is 46.5 Å². The third-order valence-electron chi connectivity index (χ3n) is 0.411. The van der Waals surface area contributed by atoms with E-state index >= 15 is 0 Å². The fraction of sp³-hybridized carbons (Fsp3) is 0.400. The highest BCUT2D eigenvalue weighted by Crippen LogP contribution is 1.70. The normalized spacial score (nSPS) is 7.88. The third kappa shape index (κ3) is 4.99. The number of carboxylic acid groups (broad SMARTS) is 1. The number of rotatable bonds is 3. The summed E-state index contributed by atoms with van der Waals surface area (Å²) in [6, 6.07) is 0. The zero-order chi connectivity index (χ0) is 6.41. The zero-order valence-electron chi connectivity index (χ0n) is 4.26. The summed E-state index contributed by atoms with van der Waals surface area (Å²) >= 11 is 0. The first-order valence-corrected chi connectivity index (χ1v) is 2.00. The average Bonchev–Trinajstić information content (AvgIpc) is 1.66. The molecule has 44 valence electrons. The fourth-order valence-corrected chi connectivity index (χ4v) is 0.197. The molecule has 1 N–H and O–H groups in total. The average molecular weight is 114 g/mol. The van der Waals surface area contributed by atoms with Crippen LogP contribution < -0.4 is 0 Å². The van der Waals surface area contributed by atoms with E-state index in [1.165, 1.54) is 0 Å². The molecule has 0 radical (unpaired) electrons. The lowest BCUT2D eigenvalue weighted by Crippen LogP contribution is -2.06. The summed E-state index contributed by atoms with van der Waals surface area (Å²) < 4.78 is 4.41. The van der Waals surface area contributed by atoms with Crippen molar-refractivity contribution in [2.45, 2.75) is 0 Å². The summed E-state index contributed by atoms with van der Waals surface area (Å²) in [6.07, 6.45) is 4.75. The molecule has 8 heavy (non-hydrogen) atoms. The van der Waals surface area contributed by atoms with E-state index in [1.54, 1.807) is 0 Å². The first kappa shape index (κ1) is 6.99. The van der Waals surface area contributed by atoms with E-state index < -0.39 is 5.97 Å². The number of carboxylic acids is 1. The molecule has 0 atom stereocenters. The van der Waals surface area contributed by atoms with Crippen LogP contribution in [0.2, 0.25) is 0 Å². The molecule has 0 rings (SSSR count). The summed E-state index contributed by atoms with van der Waals surface area (Å²) in [5.74, 6) is 1.14. The Bertz CT molecular complexity index is 111. The van der Waals surface area contributed by atoms with Crippen molar-refractivity contribution in [1.82, 2.24) is 0 Å². The molecule has 0 aliphatic rings. The predicted molar refractivity (Wildman–Crippen MR) is 27.3 cm³/mol. The van der Waals surface area contributed by atoms with Crippen LogP contribution in [0.4, 0.5) is 0 Å². The van der Waals surface area contributed by atoms with Gasteiger partial charge in [0.25, 0.3) is 0 Å². The zero-order valence-corrected chi connectivity index (χ0v) is 4.26. The molecule has 0 fully saturated rings. The molecule has 0 saturated heterocycles. The largest absolute Gasteiger partial charge is 0.480 e. The van der Waals surface area contributed by atoms with Crippen molar-refractivity contribution in [3.05, 3.63) is 0 Å². The van der Waals surface area contributed by atoms with E-state index in [2.05, 4.69) is 10.7 Å². The van der Waals surface area contributed by atoms with Crippen molar-refractivity contribution in [1.29, 1.82) is 0 Å². The highest BCUT2D eigenvalue weighted by molar-refractivity contribution is 5.67. The van der Waals surface area contributed by atoms with Gasteiger partial charge in [-0.05, 0) is 0 Å². The molecule has 0 aromatic rings. The minimum atomic E-state index is -1.000. The molecule has 0 aliphatic carbocycles. The first-order valence-electron chi connectivity index (χ1n) is 2.00. The Balaban J connectivity index is 2.97. The number of hydrogen-bond donors (Lipinski definition) is 1. The van der Waals surface area contributed by atoms with Gasteiger partial charge in [0.2, 0.25) is 0 Å². The Morgan fingerprint density at radius 3 is 2.88 bits per heavy atom. The predicted octanol–water partition coefficient (Wildman–Crippen LogP) is -0.279. The number of ether oxygens (including phenoxy) is 1. The smallest absolute Gasteiger partial charge is 0.329 e. The molecule has 0 aromatic heterocycles. The molecular formula is C5H6O3. The number of carbonyl (C=O) groups is 1. The Labute approximate surface area is 47.3 Å². The van der Waals surface area contributed by atoms with Crippen LogP contribution in [0.15, 0.2) is 0 Å². The lowest BCUT2D eigenvalue weighted by Gasteiger charge is -1.90. The van der Waals surface area contributed by atoms with Gasteiger partial charge in [-0.25, -0.2) is 4.79 Å². The minimum absolute atomic E-state index is 0.0618. The molecule has 3 nitrogen and oxygen atoms in total. The first-order chi connectivity index (χ1) is 3.77. The van der Waals surface area contributed by atoms with Crippen LogP contribution in [0.5, 0.6) is 0 Å². The maximum Gasteiger partial charge on any atom is 0.329 e. The van der Waals surface area contributed by atoms with E-state index in [0.717, 1.165) is 0 Å². The second kappa shape index (κ2) is 4.16. The van der Waals surface area contributed by atoms with Gasteiger partial charge in [-0.1, -0.05) is 5.92 Å². The highest BCUT2D eigenvalue weighted by Gasteiger charge is 1.91. The van der Waals surface area contributed by atoms with E-state index in [1.807, 2.05) is 0 Å². The summed E-state index contributed by atoms with van der Waals surface area (Å²) in [5.41, 5.74) is 0. The number of aliphatic carboxylic acids is 1. The summed E-state index contributed by atoms with van der Waals surface area (Å²) in [5, 5.41) is 7.95. The number of hydrogen-bond acceptors (Lipinski definition) is 2. The summed E-state index contributed by atoms with van der Waals surface area (Å²) in [4.78, 5) is 9.68. The third-order valence-corrected chi connectivity index (χ3v) is 0.411. The Morgan fingerprint density at radius 1 is 1.88 bits per heavy atom. The van der Waals surface area contributed by atoms with Crippen LogP contribution in [0, 0.1) is 12.3 Å². The molecule has 0 saturated carbocycles. The molecule has 0 amide bonds. The molecule has 0 heterocycles. The van der Waals surface area contributed by atoms with Gasteiger partial charge in [-0.15, -0.1) is 6.42 Å². The van der Waals surface area contributed by atoms with Crippen LogP contribution in [0.1, 0.15) is 0 Å². The van der Waals surface area contributed by atoms with E-state index in [4.69, 9.17) is 11.5 Å². The quantitative estimate of drug-likeness (QED) is 0.405. The Kier molecular flexibility index (Phi) is 3.63. The molecule has 0 aromatic carbocycles. The second-order valence-electron chi connectivity index (χ2n) is 1.09. The van der Waals surface area contributed by atoms with Gasteiger partial charge >= 0.3 is 5.97 Å². The van der Waals surface area contributed by atoms with Crippen molar-refractivity contribution < 1.29 is 14.6 Å². The fourth-order valence-electron chi connectivity index (χ4n) is 0.197.